The maximum atomic E-state index is 10.2. The normalized spacial score (nSPS) is 14.6. The van der Waals surface area contributed by atoms with E-state index in [1.165, 1.54) is 6.08 Å². The lowest BCUT2D eigenvalue weighted by Crippen LogP contribution is -2.05. The fraction of sp³-hybridized carbons (Fsp3) is 0.0625. The molecule has 0 aliphatic carbocycles. The summed E-state index contributed by atoms with van der Waals surface area (Å²) in [6, 6.07) is 7.88. The van der Waals surface area contributed by atoms with Gasteiger partial charge in [-0.25, -0.2) is 4.79 Å². The van der Waals surface area contributed by atoms with Gasteiger partial charge in [0, 0.05) is 11.6 Å². The van der Waals surface area contributed by atoms with E-state index in [1.807, 2.05) is 36.4 Å². The van der Waals surface area contributed by atoms with Gasteiger partial charge in [0.05, 0.1) is 0 Å². The molecule has 1 aliphatic heterocycles. The van der Waals surface area contributed by atoms with Gasteiger partial charge in [0.25, 0.3) is 0 Å². The van der Waals surface area contributed by atoms with Crippen LogP contribution in [-0.2, 0) is 4.79 Å². The number of carbonyl (C=O) groups is 1. The maximum Gasteiger partial charge on any atom is 0.328 e. The molecule has 19 heavy (non-hydrogen) atoms. The second-order valence-electron chi connectivity index (χ2n) is 3.99. The molecule has 0 unspecified atom stereocenters. The summed E-state index contributed by atoms with van der Waals surface area (Å²) in [5.41, 5.74) is 2.15. The first-order valence-electron chi connectivity index (χ1n) is 5.92. The molecule has 0 amide bonds. The Hall–Kier alpha value is -2.55. The molecule has 1 aliphatic rings. The Balaban J connectivity index is 1.98. The van der Waals surface area contributed by atoms with E-state index in [0.29, 0.717) is 6.61 Å². The van der Waals surface area contributed by atoms with Gasteiger partial charge >= 0.3 is 5.97 Å². The lowest BCUT2D eigenvalue weighted by atomic mass is 10.1. The largest absolute Gasteiger partial charge is 0.488 e. The zero-order valence-corrected chi connectivity index (χ0v) is 10.3. The topological polar surface area (TPSA) is 46.5 Å². The third kappa shape index (κ3) is 4.00. The number of ether oxygens (including phenoxy) is 1. The van der Waals surface area contributed by atoms with Crippen molar-refractivity contribution < 1.29 is 14.6 Å². The predicted octanol–water partition coefficient (Wildman–Crippen LogP) is 3.22. The van der Waals surface area contributed by atoms with Gasteiger partial charge in [0.15, 0.2) is 0 Å². The molecule has 0 saturated heterocycles. The van der Waals surface area contributed by atoms with Gasteiger partial charge in [-0.1, -0.05) is 48.6 Å². The molecule has 0 atom stereocenters. The zero-order valence-electron chi connectivity index (χ0n) is 10.3. The minimum Gasteiger partial charge on any atom is -0.488 e. The van der Waals surface area contributed by atoms with Gasteiger partial charge in [-0.3, -0.25) is 0 Å². The Morgan fingerprint density at radius 1 is 1.16 bits per heavy atom. The Morgan fingerprint density at radius 2 is 1.95 bits per heavy atom. The predicted molar refractivity (Wildman–Crippen MR) is 75.0 cm³/mol. The molecule has 3 heteroatoms. The minimum absolute atomic E-state index is 0.548. The van der Waals surface area contributed by atoms with E-state index in [0.717, 1.165) is 23.0 Å². The van der Waals surface area contributed by atoms with Gasteiger partial charge in [0.2, 0.25) is 0 Å². The average Bonchev–Trinajstić information content (AvgIpc) is 2.42. The van der Waals surface area contributed by atoms with Crippen molar-refractivity contribution in [2.24, 2.45) is 0 Å². The van der Waals surface area contributed by atoms with E-state index in [4.69, 9.17) is 9.84 Å². The molecule has 1 aromatic rings. The highest BCUT2D eigenvalue weighted by atomic mass is 16.5. The summed E-state index contributed by atoms with van der Waals surface area (Å²) in [4.78, 5) is 10.2. The van der Waals surface area contributed by atoms with E-state index >= 15 is 0 Å². The van der Waals surface area contributed by atoms with Crippen LogP contribution in [0.3, 0.4) is 0 Å². The third-order valence-corrected chi connectivity index (χ3v) is 2.54. The summed E-state index contributed by atoms with van der Waals surface area (Å²) in [5.74, 6) is -0.0480. The quantitative estimate of drug-likeness (QED) is 0.663. The van der Waals surface area contributed by atoms with E-state index in [-0.39, 0.29) is 0 Å². The first kappa shape index (κ1) is 12.9. The van der Waals surface area contributed by atoms with E-state index in [1.54, 1.807) is 12.2 Å². The second-order valence-corrected chi connectivity index (χ2v) is 3.99. The Bertz CT molecular complexity index is 577. The van der Waals surface area contributed by atoms with Crippen molar-refractivity contribution in [3.05, 3.63) is 71.9 Å². The van der Waals surface area contributed by atoms with Crippen LogP contribution in [0.1, 0.15) is 5.56 Å². The fourth-order valence-corrected chi connectivity index (χ4v) is 1.68. The molecule has 1 N–H and O–H groups in total. The molecule has 1 heterocycles. The number of allylic oxidation sites excluding steroid dienone is 4. The van der Waals surface area contributed by atoms with Crippen LogP contribution in [0.15, 0.2) is 66.3 Å². The average molecular weight is 254 g/mol. The summed E-state index contributed by atoms with van der Waals surface area (Å²) >= 11 is 0. The SMILES string of the molecule is O=C(O)/C=C/C=C/C=C/C1=Cc2ccccc2OC1. The van der Waals surface area contributed by atoms with Gasteiger partial charge in [-0.15, -0.1) is 0 Å². The van der Waals surface area contributed by atoms with Crippen LogP contribution in [-0.4, -0.2) is 17.7 Å². The number of hydrogen-bond donors (Lipinski definition) is 1. The van der Waals surface area contributed by atoms with Crippen LogP contribution in [0.4, 0.5) is 0 Å². The van der Waals surface area contributed by atoms with Crippen molar-refractivity contribution in [1.29, 1.82) is 0 Å². The van der Waals surface area contributed by atoms with Crippen molar-refractivity contribution in [3.63, 3.8) is 0 Å². The highest BCUT2D eigenvalue weighted by molar-refractivity contribution is 5.80. The highest BCUT2D eigenvalue weighted by Crippen LogP contribution is 2.25. The van der Waals surface area contributed by atoms with Crippen molar-refractivity contribution in [1.82, 2.24) is 0 Å². The number of carboxylic acid groups (broad SMARTS) is 1. The molecule has 1 aromatic carbocycles. The van der Waals surface area contributed by atoms with Crippen molar-refractivity contribution >= 4 is 12.0 Å². The van der Waals surface area contributed by atoms with Crippen molar-refractivity contribution in [3.8, 4) is 5.75 Å². The van der Waals surface area contributed by atoms with Gasteiger partial charge in [0.1, 0.15) is 12.4 Å². The first-order valence-corrected chi connectivity index (χ1v) is 5.92. The monoisotopic (exact) mass is 254 g/mol. The standard InChI is InChI=1S/C16H14O3/c17-16(18)10-4-2-1-3-7-13-11-14-8-5-6-9-15(14)19-12-13/h1-11H,12H2,(H,17,18)/b2-1+,7-3+,10-4+. The van der Waals surface area contributed by atoms with Gasteiger partial charge in [-0.2, -0.15) is 0 Å². The van der Waals surface area contributed by atoms with Gasteiger partial charge in [-0.05, 0) is 17.7 Å². The summed E-state index contributed by atoms with van der Waals surface area (Å²) < 4.78 is 5.61. The first-order chi connectivity index (χ1) is 9.25. The third-order valence-electron chi connectivity index (χ3n) is 2.54. The highest BCUT2D eigenvalue weighted by Gasteiger charge is 2.07. The molecule has 0 aromatic heterocycles. The van der Waals surface area contributed by atoms with Gasteiger partial charge < -0.3 is 9.84 Å². The Labute approximate surface area is 111 Å². The van der Waals surface area contributed by atoms with Crippen LogP contribution in [0.25, 0.3) is 6.08 Å². The number of fused-ring (bicyclic) bond motifs is 1. The van der Waals surface area contributed by atoms with Crippen LogP contribution < -0.4 is 4.74 Å². The molecule has 0 radical (unpaired) electrons. The van der Waals surface area contributed by atoms with E-state index in [2.05, 4.69) is 6.08 Å². The Kier molecular flexibility index (Phi) is 4.34. The van der Waals surface area contributed by atoms with E-state index in [9.17, 15) is 4.79 Å². The van der Waals surface area contributed by atoms with Crippen molar-refractivity contribution in [2.45, 2.75) is 0 Å². The molecular weight excluding hydrogens is 240 g/mol. The fourth-order valence-electron chi connectivity index (χ4n) is 1.68. The van der Waals surface area contributed by atoms with E-state index < -0.39 is 5.97 Å². The molecular formula is C16H14O3. The Morgan fingerprint density at radius 3 is 2.79 bits per heavy atom. The summed E-state index contributed by atoms with van der Waals surface area (Å²) in [7, 11) is 0. The number of hydrogen-bond acceptors (Lipinski definition) is 2. The number of para-hydroxylation sites is 1. The maximum absolute atomic E-state index is 10.2. The zero-order chi connectivity index (χ0) is 13.5. The number of benzene rings is 1. The van der Waals surface area contributed by atoms with Crippen LogP contribution in [0.2, 0.25) is 0 Å². The van der Waals surface area contributed by atoms with Crippen molar-refractivity contribution in [2.75, 3.05) is 6.61 Å². The molecule has 0 spiro atoms. The number of aliphatic carboxylic acids is 1. The second kappa shape index (κ2) is 6.40. The molecule has 0 fully saturated rings. The summed E-state index contributed by atoms with van der Waals surface area (Å²) in [6.45, 7) is 0.548. The van der Waals surface area contributed by atoms with Crippen LogP contribution in [0, 0.1) is 0 Å². The lowest BCUT2D eigenvalue weighted by molar-refractivity contribution is -0.131. The molecule has 2 rings (SSSR count). The molecule has 0 bridgehead atoms. The molecule has 96 valence electrons. The summed E-state index contributed by atoms with van der Waals surface area (Å²) in [6.07, 6.45) is 11.9. The molecule has 3 nitrogen and oxygen atoms in total. The minimum atomic E-state index is -0.950. The number of rotatable bonds is 4. The van der Waals surface area contributed by atoms with Crippen LogP contribution >= 0.6 is 0 Å². The van der Waals surface area contributed by atoms with Crippen LogP contribution in [0.5, 0.6) is 5.75 Å². The number of carboxylic acids is 1. The molecule has 0 saturated carbocycles. The smallest absolute Gasteiger partial charge is 0.328 e. The summed E-state index contributed by atoms with van der Waals surface area (Å²) in [5, 5.41) is 8.40. The lowest BCUT2D eigenvalue weighted by Gasteiger charge is -2.15.